The van der Waals surface area contributed by atoms with E-state index in [1.807, 2.05) is 36.5 Å². The predicted octanol–water partition coefficient (Wildman–Crippen LogP) is 16.0. The summed E-state index contributed by atoms with van der Waals surface area (Å²) in [5.74, 6) is -0.988. The fraction of sp³-hybridized carbons (Fsp3) is 0.618. The molecule has 6 heteroatoms. The molecule has 0 aliphatic rings. The van der Waals surface area contributed by atoms with Crippen molar-refractivity contribution in [3.05, 3.63) is 109 Å². The Morgan fingerprint density at radius 1 is 0.361 bits per heavy atom. The van der Waals surface area contributed by atoms with Crippen molar-refractivity contribution in [2.75, 3.05) is 13.2 Å². The molecule has 0 fully saturated rings. The van der Waals surface area contributed by atoms with Crippen molar-refractivity contribution in [2.45, 2.75) is 207 Å². The lowest BCUT2D eigenvalue weighted by atomic mass is 10.1. The van der Waals surface area contributed by atoms with Gasteiger partial charge in [0.1, 0.15) is 13.2 Å². The van der Waals surface area contributed by atoms with Crippen LogP contribution in [0.1, 0.15) is 201 Å². The van der Waals surface area contributed by atoms with Crippen LogP contribution in [0.15, 0.2) is 109 Å². The maximum atomic E-state index is 12.7. The van der Waals surface area contributed by atoms with Crippen molar-refractivity contribution in [3.8, 4) is 0 Å². The molecule has 0 rings (SSSR count). The SMILES string of the molecule is CC\C=C/C=C\C=C/C=C\CCCCCC(=O)OC(COC(=O)CCCCC/C=C\C/C=C\C/C=C\C/C=C\C/C=C\CC)COC(=O)CCCCCCCCCCCCC. The molecule has 0 aromatic rings. The second-order valence-electron chi connectivity index (χ2n) is 15.7. The lowest BCUT2D eigenvalue weighted by Gasteiger charge is -2.18. The first kappa shape index (κ1) is 57.1. The summed E-state index contributed by atoms with van der Waals surface area (Å²) in [4.78, 5) is 37.8. The Labute approximate surface area is 374 Å². The van der Waals surface area contributed by atoms with Crippen molar-refractivity contribution in [1.29, 1.82) is 0 Å². The van der Waals surface area contributed by atoms with Crippen LogP contribution in [0, 0.1) is 0 Å². The quantitative estimate of drug-likeness (QED) is 0.0200. The predicted molar refractivity (Wildman–Crippen MR) is 260 cm³/mol. The highest BCUT2D eigenvalue weighted by Crippen LogP contribution is 2.13. The van der Waals surface area contributed by atoms with E-state index in [9.17, 15) is 14.4 Å². The maximum absolute atomic E-state index is 12.7. The van der Waals surface area contributed by atoms with Gasteiger partial charge in [-0.05, 0) is 83.5 Å². The molecule has 1 unspecified atom stereocenters. The highest BCUT2D eigenvalue weighted by Gasteiger charge is 2.19. The van der Waals surface area contributed by atoms with Crippen molar-refractivity contribution in [3.63, 3.8) is 0 Å². The second kappa shape index (κ2) is 48.7. The van der Waals surface area contributed by atoms with Crippen molar-refractivity contribution < 1.29 is 28.6 Å². The van der Waals surface area contributed by atoms with Gasteiger partial charge in [0.25, 0.3) is 0 Å². The summed E-state index contributed by atoms with van der Waals surface area (Å²) < 4.78 is 16.7. The summed E-state index contributed by atoms with van der Waals surface area (Å²) in [6.45, 7) is 6.29. The zero-order valence-corrected chi connectivity index (χ0v) is 39.1. The van der Waals surface area contributed by atoms with E-state index in [2.05, 4.69) is 93.7 Å². The standard InChI is InChI=1S/C55H88O6/c1-4-7-10-13-16-19-22-24-25-26-27-28-29-31-33-36-39-42-45-48-54(57)60-51-52(50-59-53(56)47-44-41-38-35-32-21-18-15-12-9-6-3)61-55(58)49-46-43-40-37-34-30-23-20-17-14-11-8-5-2/h7-8,10-11,14,16-17,19-20,23-25,27-28,30-31,33-34,52H,4-6,9,12-13,15,18,21-22,26,29,32,35-51H2,1-3H3/b10-7-,11-8-,17-14-,19-16-,23-20-,25-24-,28-27-,33-31-,34-30-. The van der Waals surface area contributed by atoms with E-state index in [1.165, 1.54) is 51.4 Å². The van der Waals surface area contributed by atoms with Crippen molar-refractivity contribution in [1.82, 2.24) is 0 Å². The summed E-state index contributed by atoms with van der Waals surface area (Å²) in [6, 6.07) is 0. The molecule has 0 bridgehead atoms. The van der Waals surface area contributed by atoms with Crippen molar-refractivity contribution in [2.24, 2.45) is 0 Å². The molecule has 6 nitrogen and oxygen atoms in total. The van der Waals surface area contributed by atoms with Crippen LogP contribution >= 0.6 is 0 Å². The minimum atomic E-state index is -0.811. The number of hydrogen-bond acceptors (Lipinski definition) is 6. The number of esters is 3. The van der Waals surface area contributed by atoms with Crippen molar-refractivity contribution >= 4 is 17.9 Å². The zero-order valence-electron chi connectivity index (χ0n) is 39.1. The normalized spacial score (nSPS) is 13.0. The molecule has 344 valence electrons. The van der Waals surface area contributed by atoms with E-state index in [0.29, 0.717) is 19.3 Å². The minimum absolute atomic E-state index is 0.106. The van der Waals surface area contributed by atoms with Gasteiger partial charge in [0.2, 0.25) is 0 Å². The molecule has 1 atom stereocenters. The number of carbonyl (C=O) groups is 3. The molecule has 0 aromatic heterocycles. The van der Waals surface area contributed by atoms with E-state index >= 15 is 0 Å². The van der Waals surface area contributed by atoms with E-state index in [4.69, 9.17) is 14.2 Å². The Kier molecular flexibility index (Phi) is 45.6. The third-order valence-electron chi connectivity index (χ3n) is 9.87. The van der Waals surface area contributed by atoms with Crippen LogP contribution in [0.2, 0.25) is 0 Å². The molecule has 0 radical (unpaired) electrons. The van der Waals surface area contributed by atoms with E-state index in [1.54, 1.807) is 0 Å². The van der Waals surface area contributed by atoms with Gasteiger partial charge in [-0.15, -0.1) is 0 Å². The average molecular weight is 845 g/mol. The fourth-order valence-electron chi connectivity index (χ4n) is 6.24. The van der Waals surface area contributed by atoms with E-state index in [0.717, 1.165) is 103 Å². The van der Waals surface area contributed by atoms with Gasteiger partial charge < -0.3 is 14.2 Å². The third kappa shape index (κ3) is 47.0. The molecule has 0 aromatic carbocycles. The van der Waals surface area contributed by atoms with Gasteiger partial charge >= 0.3 is 17.9 Å². The van der Waals surface area contributed by atoms with E-state index < -0.39 is 6.10 Å². The lowest BCUT2D eigenvalue weighted by molar-refractivity contribution is -0.167. The first-order valence-corrected chi connectivity index (χ1v) is 24.4. The highest BCUT2D eigenvalue weighted by atomic mass is 16.6. The van der Waals surface area contributed by atoms with Crippen LogP contribution in [0.25, 0.3) is 0 Å². The Morgan fingerprint density at radius 3 is 1.20 bits per heavy atom. The van der Waals surface area contributed by atoms with Crippen LogP contribution < -0.4 is 0 Å². The molecular formula is C55H88O6. The third-order valence-corrected chi connectivity index (χ3v) is 9.87. The smallest absolute Gasteiger partial charge is 0.306 e. The molecule has 0 saturated heterocycles. The molecule has 0 heterocycles. The first-order valence-electron chi connectivity index (χ1n) is 24.4. The second-order valence-corrected chi connectivity index (χ2v) is 15.7. The number of rotatable bonds is 42. The van der Waals surface area contributed by atoms with Crippen LogP contribution in [0.4, 0.5) is 0 Å². The molecule has 0 aliphatic heterocycles. The Balaban J connectivity index is 4.49. The van der Waals surface area contributed by atoms with E-state index in [-0.39, 0.29) is 37.5 Å². The zero-order chi connectivity index (χ0) is 44.4. The van der Waals surface area contributed by atoms with Crippen LogP contribution in [-0.2, 0) is 28.6 Å². The van der Waals surface area contributed by atoms with Gasteiger partial charge in [0.05, 0.1) is 0 Å². The largest absolute Gasteiger partial charge is 0.462 e. The monoisotopic (exact) mass is 845 g/mol. The van der Waals surface area contributed by atoms with Crippen LogP contribution in [0.5, 0.6) is 0 Å². The molecule has 61 heavy (non-hydrogen) atoms. The number of ether oxygens (including phenoxy) is 3. The van der Waals surface area contributed by atoms with Gasteiger partial charge in [0.15, 0.2) is 6.10 Å². The van der Waals surface area contributed by atoms with Gasteiger partial charge in [-0.1, -0.05) is 207 Å². The Morgan fingerprint density at radius 2 is 0.721 bits per heavy atom. The molecule has 0 amide bonds. The summed E-state index contributed by atoms with van der Waals surface area (Å²) in [5, 5.41) is 0. The molecule has 0 spiro atoms. The fourth-order valence-corrected chi connectivity index (χ4v) is 6.24. The maximum Gasteiger partial charge on any atom is 0.306 e. The van der Waals surface area contributed by atoms with Gasteiger partial charge in [-0.2, -0.15) is 0 Å². The molecular weight excluding hydrogens is 757 g/mol. The number of unbranched alkanes of at least 4 members (excludes halogenated alkanes) is 16. The van der Waals surface area contributed by atoms with Crippen LogP contribution in [-0.4, -0.2) is 37.2 Å². The van der Waals surface area contributed by atoms with Gasteiger partial charge in [0, 0.05) is 19.3 Å². The lowest BCUT2D eigenvalue weighted by Crippen LogP contribution is -2.30. The Bertz CT molecular complexity index is 1290. The summed E-state index contributed by atoms with van der Waals surface area (Å²) in [5.41, 5.74) is 0. The molecule has 0 saturated carbocycles. The molecule has 0 N–H and O–H groups in total. The number of hydrogen-bond donors (Lipinski definition) is 0. The summed E-state index contributed by atoms with van der Waals surface area (Å²) >= 11 is 0. The topological polar surface area (TPSA) is 78.9 Å². The van der Waals surface area contributed by atoms with Gasteiger partial charge in [-0.3, -0.25) is 14.4 Å². The van der Waals surface area contributed by atoms with Crippen LogP contribution in [0.3, 0.4) is 0 Å². The number of carbonyl (C=O) groups excluding carboxylic acids is 3. The minimum Gasteiger partial charge on any atom is -0.462 e. The highest BCUT2D eigenvalue weighted by molar-refractivity contribution is 5.71. The number of allylic oxidation sites excluding steroid dienone is 18. The molecule has 0 aliphatic carbocycles. The summed E-state index contributed by atoms with van der Waals surface area (Å²) in [7, 11) is 0. The Hall–Kier alpha value is -3.93. The summed E-state index contributed by atoms with van der Waals surface area (Å²) in [6.07, 6.45) is 65.0. The van der Waals surface area contributed by atoms with Gasteiger partial charge in [-0.25, -0.2) is 0 Å². The first-order chi connectivity index (χ1) is 30.0. The average Bonchev–Trinajstić information content (AvgIpc) is 3.26.